The molecule has 0 spiro atoms. The van der Waals surface area contributed by atoms with Crippen LogP contribution < -0.4 is 5.32 Å². The molecule has 0 bridgehead atoms. The van der Waals surface area contributed by atoms with Crippen molar-refractivity contribution in [2.75, 3.05) is 11.9 Å². The lowest BCUT2D eigenvalue weighted by Crippen LogP contribution is -2.15. The Hall–Kier alpha value is -1.50. The van der Waals surface area contributed by atoms with E-state index in [-0.39, 0.29) is 12.6 Å². The summed E-state index contributed by atoms with van der Waals surface area (Å²) in [6.45, 7) is 2.04. The summed E-state index contributed by atoms with van der Waals surface area (Å²) in [6.07, 6.45) is 1.54. The van der Waals surface area contributed by atoms with Crippen LogP contribution in [0.3, 0.4) is 0 Å². The lowest BCUT2D eigenvalue weighted by Gasteiger charge is -2.18. The molecule has 3 rings (SSSR count). The minimum Gasteiger partial charge on any atom is -0.394 e. The third-order valence-electron chi connectivity index (χ3n) is 3.27. The van der Waals surface area contributed by atoms with Gasteiger partial charge in [-0.05, 0) is 34.5 Å². The van der Waals surface area contributed by atoms with Gasteiger partial charge in [0.1, 0.15) is 17.0 Å². The number of aromatic nitrogens is 2. The van der Waals surface area contributed by atoms with Crippen molar-refractivity contribution in [3.05, 3.63) is 51.6 Å². The number of nitrogens with zero attached hydrogens (tertiary/aromatic N) is 2. The highest BCUT2D eigenvalue weighted by Crippen LogP contribution is 2.32. The number of rotatable bonds is 4. The van der Waals surface area contributed by atoms with Crippen molar-refractivity contribution in [2.24, 2.45) is 0 Å². The van der Waals surface area contributed by atoms with Gasteiger partial charge in [0.2, 0.25) is 0 Å². The molecule has 2 N–H and O–H groups in total. The first kappa shape index (κ1) is 14.4. The first-order valence-corrected chi connectivity index (χ1v) is 8.12. The van der Waals surface area contributed by atoms with Crippen molar-refractivity contribution in [1.29, 1.82) is 0 Å². The van der Waals surface area contributed by atoms with E-state index in [0.29, 0.717) is 0 Å². The molecule has 0 aliphatic heterocycles. The molecule has 2 heterocycles. The molecule has 0 aliphatic rings. The highest BCUT2D eigenvalue weighted by molar-refractivity contribution is 9.11. The van der Waals surface area contributed by atoms with E-state index in [4.69, 9.17) is 0 Å². The van der Waals surface area contributed by atoms with Gasteiger partial charge < -0.3 is 10.4 Å². The fraction of sp³-hybridized carbons (Fsp3) is 0.200. The number of anilines is 1. The van der Waals surface area contributed by atoms with Crippen molar-refractivity contribution >= 4 is 43.3 Å². The number of hydrogen-bond donors (Lipinski definition) is 2. The molecule has 0 saturated heterocycles. The van der Waals surface area contributed by atoms with Gasteiger partial charge in [-0.15, -0.1) is 11.3 Å². The lowest BCUT2D eigenvalue weighted by molar-refractivity contribution is 0.276. The third kappa shape index (κ3) is 3.07. The van der Waals surface area contributed by atoms with E-state index in [9.17, 15) is 5.11 Å². The first-order valence-electron chi connectivity index (χ1n) is 6.51. The normalized spacial score (nSPS) is 12.5. The van der Waals surface area contributed by atoms with Crippen LogP contribution in [0.5, 0.6) is 0 Å². The highest BCUT2D eigenvalue weighted by Gasteiger charge is 2.14. The lowest BCUT2D eigenvalue weighted by atomic mass is 10.1. The number of hydrogen-bond acceptors (Lipinski definition) is 5. The van der Waals surface area contributed by atoms with Crippen LogP contribution >= 0.6 is 27.3 Å². The standard InChI is InChI=1S/C15H14BrN3OS/c1-9-2-4-10(5-3-9)12(7-20)19-14-11-6-13(16)21-15(11)18-8-17-14/h2-6,8,12,20H,7H2,1H3,(H,17,18,19)/t12-/m1/s1. The quantitative estimate of drug-likeness (QED) is 0.737. The topological polar surface area (TPSA) is 58.0 Å². The molecular formula is C15H14BrN3OS. The number of nitrogens with one attached hydrogen (secondary N) is 1. The van der Waals surface area contributed by atoms with E-state index in [2.05, 4.69) is 31.2 Å². The zero-order valence-corrected chi connectivity index (χ0v) is 13.8. The molecule has 4 nitrogen and oxygen atoms in total. The number of fused-ring (bicyclic) bond motifs is 1. The van der Waals surface area contributed by atoms with Gasteiger partial charge in [-0.1, -0.05) is 29.8 Å². The van der Waals surface area contributed by atoms with Crippen LogP contribution in [0.2, 0.25) is 0 Å². The van der Waals surface area contributed by atoms with Crippen LogP contribution in [0.1, 0.15) is 17.2 Å². The van der Waals surface area contributed by atoms with E-state index in [1.54, 1.807) is 11.3 Å². The van der Waals surface area contributed by atoms with Crippen LogP contribution in [-0.2, 0) is 0 Å². The second kappa shape index (κ2) is 6.09. The van der Waals surface area contributed by atoms with Crippen LogP contribution in [-0.4, -0.2) is 21.7 Å². The Kier molecular flexibility index (Phi) is 4.19. The summed E-state index contributed by atoms with van der Waals surface area (Å²) in [4.78, 5) is 9.48. The maximum Gasteiger partial charge on any atom is 0.138 e. The Labute approximate surface area is 135 Å². The van der Waals surface area contributed by atoms with E-state index in [0.717, 1.165) is 25.4 Å². The summed E-state index contributed by atoms with van der Waals surface area (Å²) in [6, 6.07) is 9.91. The first-order chi connectivity index (χ1) is 10.2. The van der Waals surface area contributed by atoms with Crippen molar-refractivity contribution in [3.8, 4) is 0 Å². The number of halogens is 1. The summed E-state index contributed by atoms with van der Waals surface area (Å²) in [5.41, 5.74) is 2.23. The zero-order chi connectivity index (χ0) is 14.8. The molecule has 0 aliphatic carbocycles. The Morgan fingerprint density at radius 2 is 2.05 bits per heavy atom. The molecule has 21 heavy (non-hydrogen) atoms. The Balaban J connectivity index is 1.93. The van der Waals surface area contributed by atoms with Crippen LogP contribution in [0.15, 0.2) is 40.4 Å². The number of benzene rings is 1. The Morgan fingerprint density at radius 3 is 2.76 bits per heavy atom. The molecule has 0 amide bonds. The number of aliphatic hydroxyl groups excluding tert-OH is 1. The number of aryl methyl sites for hydroxylation is 1. The molecule has 1 atom stereocenters. The predicted molar refractivity (Wildman–Crippen MR) is 89.7 cm³/mol. The van der Waals surface area contributed by atoms with Crippen molar-refractivity contribution in [3.63, 3.8) is 0 Å². The molecule has 6 heteroatoms. The second-order valence-electron chi connectivity index (χ2n) is 4.78. The summed E-state index contributed by atoms with van der Waals surface area (Å²) in [5.74, 6) is 0.738. The van der Waals surface area contributed by atoms with Crippen molar-refractivity contribution in [1.82, 2.24) is 9.97 Å². The fourth-order valence-corrected chi connectivity index (χ4v) is 3.56. The van der Waals surface area contributed by atoms with Crippen LogP contribution in [0, 0.1) is 6.92 Å². The molecule has 1 aromatic carbocycles. The van der Waals surface area contributed by atoms with Gasteiger partial charge in [0.15, 0.2) is 0 Å². The average molecular weight is 364 g/mol. The SMILES string of the molecule is Cc1ccc([C@@H](CO)Nc2ncnc3sc(Br)cc23)cc1. The molecule has 108 valence electrons. The smallest absolute Gasteiger partial charge is 0.138 e. The molecule has 0 unspecified atom stereocenters. The van der Waals surface area contributed by atoms with Gasteiger partial charge in [-0.25, -0.2) is 9.97 Å². The van der Waals surface area contributed by atoms with Crippen molar-refractivity contribution < 1.29 is 5.11 Å². The van der Waals surface area contributed by atoms with Crippen molar-refractivity contribution in [2.45, 2.75) is 13.0 Å². The monoisotopic (exact) mass is 363 g/mol. The maximum atomic E-state index is 9.67. The summed E-state index contributed by atoms with van der Waals surface area (Å²) in [7, 11) is 0. The van der Waals surface area contributed by atoms with Gasteiger partial charge in [0.25, 0.3) is 0 Å². The van der Waals surface area contributed by atoms with Crippen LogP contribution in [0.4, 0.5) is 5.82 Å². The zero-order valence-electron chi connectivity index (χ0n) is 11.4. The number of aliphatic hydroxyl groups is 1. The highest BCUT2D eigenvalue weighted by atomic mass is 79.9. The van der Waals surface area contributed by atoms with Gasteiger partial charge in [0, 0.05) is 0 Å². The van der Waals surface area contributed by atoms with E-state index in [1.807, 2.05) is 37.3 Å². The molecule has 0 saturated carbocycles. The van der Waals surface area contributed by atoms with E-state index >= 15 is 0 Å². The molecule has 3 aromatic rings. The van der Waals surface area contributed by atoms with Crippen LogP contribution in [0.25, 0.3) is 10.2 Å². The molecule has 0 fully saturated rings. The minimum absolute atomic E-state index is 0.000135. The Bertz CT molecular complexity index is 757. The fourth-order valence-electron chi connectivity index (χ4n) is 2.14. The number of thiophene rings is 1. The summed E-state index contributed by atoms with van der Waals surface area (Å²) < 4.78 is 1.01. The largest absolute Gasteiger partial charge is 0.394 e. The van der Waals surface area contributed by atoms with Gasteiger partial charge in [-0.3, -0.25) is 0 Å². The summed E-state index contributed by atoms with van der Waals surface area (Å²) in [5, 5.41) is 13.9. The molecule has 0 radical (unpaired) electrons. The van der Waals surface area contributed by atoms with Gasteiger partial charge in [0.05, 0.1) is 21.8 Å². The second-order valence-corrected chi connectivity index (χ2v) is 7.19. The average Bonchev–Trinajstić information content (AvgIpc) is 2.87. The molecular weight excluding hydrogens is 350 g/mol. The van der Waals surface area contributed by atoms with E-state index < -0.39 is 0 Å². The van der Waals surface area contributed by atoms with Gasteiger partial charge in [-0.2, -0.15) is 0 Å². The van der Waals surface area contributed by atoms with E-state index in [1.165, 1.54) is 11.9 Å². The predicted octanol–water partition coefficient (Wildman–Crippen LogP) is 3.91. The Morgan fingerprint density at radius 1 is 1.29 bits per heavy atom. The molecule has 2 aromatic heterocycles. The van der Waals surface area contributed by atoms with Gasteiger partial charge >= 0.3 is 0 Å². The minimum atomic E-state index is -0.192. The maximum absolute atomic E-state index is 9.67. The summed E-state index contributed by atoms with van der Waals surface area (Å²) >= 11 is 5.03. The third-order valence-corrected chi connectivity index (χ3v) is 4.82.